The molecule has 2 rings (SSSR count). The fraction of sp³-hybridized carbons (Fsp3) is 0.0909. The van der Waals surface area contributed by atoms with E-state index in [0.717, 1.165) is 5.56 Å². The minimum atomic E-state index is -3.83. The Bertz CT molecular complexity index is 705. The van der Waals surface area contributed by atoms with E-state index in [2.05, 4.69) is 0 Å². The van der Waals surface area contributed by atoms with E-state index in [4.69, 9.17) is 33.9 Å². The van der Waals surface area contributed by atoms with Crippen molar-refractivity contribution in [2.24, 2.45) is 0 Å². The molecule has 0 spiro atoms. The van der Waals surface area contributed by atoms with Crippen LogP contribution in [0.15, 0.2) is 29.2 Å². The van der Waals surface area contributed by atoms with E-state index in [1.165, 1.54) is 17.4 Å². The maximum atomic E-state index is 11.5. The third kappa shape index (κ3) is 2.53. The van der Waals surface area contributed by atoms with E-state index >= 15 is 0 Å². The Morgan fingerprint density at radius 1 is 1.11 bits per heavy atom. The molecule has 0 aliphatic heterocycles. The lowest BCUT2D eigenvalue weighted by molar-refractivity contribution is 0.610. The van der Waals surface area contributed by atoms with Crippen LogP contribution in [0, 0.1) is 6.92 Å². The van der Waals surface area contributed by atoms with Crippen molar-refractivity contribution in [1.82, 2.24) is 0 Å². The van der Waals surface area contributed by atoms with E-state index in [9.17, 15) is 8.42 Å². The second kappa shape index (κ2) is 5.02. The molecule has 0 saturated heterocycles. The molecule has 7 heteroatoms. The average Bonchev–Trinajstić information content (AvgIpc) is 2.52. The van der Waals surface area contributed by atoms with E-state index < -0.39 is 9.05 Å². The smallest absolute Gasteiger partial charge is 0.207 e. The third-order valence-electron chi connectivity index (χ3n) is 2.46. The molecule has 0 fully saturated rings. The Hall–Kier alpha value is -0.260. The van der Waals surface area contributed by atoms with Gasteiger partial charge in [-0.05, 0) is 18.6 Å². The summed E-state index contributed by atoms with van der Waals surface area (Å²) in [5.74, 6) is 0. The van der Waals surface area contributed by atoms with Gasteiger partial charge < -0.3 is 0 Å². The molecule has 2 aromatic rings. The predicted molar refractivity (Wildman–Crippen MR) is 77.6 cm³/mol. The van der Waals surface area contributed by atoms with Crippen LogP contribution >= 0.6 is 45.2 Å². The molecule has 0 N–H and O–H groups in total. The Morgan fingerprint density at radius 3 is 2.22 bits per heavy atom. The zero-order valence-corrected chi connectivity index (χ0v) is 13.0. The van der Waals surface area contributed by atoms with Crippen molar-refractivity contribution in [3.05, 3.63) is 38.5 Å². The van der Waals surface area contributed by atoms with Crippen LogP contribution in [0.3, 0.4) is 0 Å². The lowest BCUT2D eigenvalue weighted by Crippen LogP contribution is -1.94. The van der Waals surface area contributed by atoms with Gasteiger partial charge in [-0.25, -0.2) is 8.42 Å². The van der Waals surface area contributed by atoms with Gasteiger partial charge in [-0.2, -0.15) is 0 Å². The topological polar surface area (TPSA) is 34.1 Å². The average molecular weight is 342 g/mol. The lowest BCUT2D eigenvalue weighted by Gasteiger charge is -2.07. The molecular weight excluding hydrogens is 335 g/mol. The van der Waals surface area contributed by atoms with Crippen LogP contribution in [0.25, 0.3) is 11.1 Å². The highest BCUT2D eigenvalue weighted by molar-refractivity contribution is 8.13. The molecule has 0 atom stereocenters. The molecular formula is C11H7Cl3O2S2. The van der Waals surface area contributed by atoms with Crippen LogP contribution in [0.4, 0.5) is 0 Å². The molecule has 0 aliphatic rings. The summed E-state index contributed by atoms with van der Waals surface area (Å²) in [6.45, 7) is 1.79. The van der Waals surface area contributed by atoms with Crippen molar-refractivity contribution >= 4 is 54.3 Å². The summed E-state index contributed by atoms with van der Waals surface area (Å²) >= 11 is 13.3. The predicted octanol–water partition coefficient (Wildman–Crippen LogP) is 4.96. The van der Waals surface area contributed by atoms with Gasteiger partial charge in [-0.3, -0.25) is 0 Å². The summed E-state index contributed by atoms with van der Waals surface area (Å²) in [6, 6.07) is 6.43. The molecule has 0 radical (unpaired) electrons. The normalized spacial score (nSPS) is 11.8. The van der Waals surface area contributed by atoms with Gasteiger partial charge in [-0.1, -0.05) is 41.4 Å². The van der Waals surface area contributed by atoms with E-state index in [-0.39, 0.29) is 4.90 Å². The molecule has 1 heterocycles. The molecule has 96 valence electrons. The van der Waals surface area contributed by atoms with Crippen molar-refractivity contribution in [3.8, 4) is 11.1 Å². The highest BCUT2D eigenvalue weighted by Gasteiger charge is 2.21. The first-order chi connectivity index (χ1) is 8.32. The van der Waals surface area contributed by atoms with Crippen LogP contribution < -0.4 is 0 Å². The second-order valence-electron chi connectivity index (χ2n) is 3.58. The Morgan fingerprint density at radius 2 is 1.72 bits per heavy atom. The number of rotatable bonds is 2. The molecule has 0 amide bonds. The number of thiophene rings is 1. The van der Waals surface area contributed by atoms with Gasteiger partial charge in [0.2, 0.25) is 0 Å². The van der Waals surface area contributed by atoms with Crippen molar-refractivity contribution in [1.29, 1.82) is 0 Å². The standard InChI is InChI=1S/C11H7Cl3O2S2/c1-6-9(11(13)17-10(6)12)7-4-2-3-5-8(7)18(14,15)16/h2-5H,1H3. The largest absolute Gasteiger partial charge is 0.261 e. The summed E-state index contributed by atoms with van der Waals surface area (Å²) in [5, 5.41) is 0. The van der Waals surface area contributed by atoms with Crippen molar-refractivity contribution in [2.45, 2.75) is 11.8 Å². The molecule has 18 heavy (non-hydrogen) atoms. The monoisotopic (exact) mass is 340 g/mol. The third-order valence-corrected chi connectivity index (χ3v) is 5.65. The number of hydrogen-bond acceptors (Lipinski definition) is 3. The van der Waals surface area contributed by atoms with Crippen molar-refractivity contribution < 1.29 is 8.42 Å². The van der Waals surface area contributed by atoms with E-state index in [0.29, 0.717) is 19.8 Å². The van der Waals surface area contributed by atoms with Gasteiger partial charge in [-0.15, -0.1) is 11.3 Å². The van der Waals surface area contributed by atoms with Gasteiger partial charge in [0, 0.05) is 21.8 Å². The Kier molecular flexibility index (Phi) is 3.95. The minimum absolute atomic E-state index is 0.0335. The summed E-state index contributed by atoms with van der Waals surface area (Å²) < 4.78 is 24.1. The summed E-state index contributed by atoms with van der Waals surface area (Å²) in [4.78, 5) is 0.0335. The van der Waals surface area contributed by atoms with Gasteiger partial charge in [0.25, 0.3) is 9.05 Å². The maximum absolute atomic E-state index is 11.5. The molecule has 0 bridgehead atoms. The van der Waals surface area contributed by atoms with Crippen LogP contribution in [0.5, 0.6) is 0 Å². The maximum Gasteiger partial charge on any atom is 0.261 e. The van der Waals surface area contributed by atoms with Crippen LogP contribution in [0.2, 0.25) is 8.67 Å². The number of benzene rings is 1. The minimum Gasteiger partial charge on any atom is -0.207 e. The van der Waals surface area contributed by atoms with Crippen LogP contribution in [-0.2, 0) is 9.05 Å². The quantitative estimate of drug-likeness (QED) is 0.724. The van der Waals surface area contributed by atoms with Gasteiger partial charge in [0.1, 0.15) is 4.34 Å². The summed E-state index contributed by atoms with van der Waals surface area (Å²) in [6.07, 6.45) is 0. The first-order valence-electron chi connectivity index (χ1n) is 4.81. The second-order valence-corrected chi connectivity index (χ2v) is 8.34. The van der Waals surface area contributed by atoms with Gasteiger partial charge >= 0.3 is 0 Å². The van der Waals surface area contributed by atoms with Crippen molar-refractivity contribution in [3.63, 3.8) is 0 Å². The van der Waals surface area contributed by atoms with Gasteiger partial charge in [0.05, 0.1) is 9.23 Å². The van der Waals surface area contributed by atoms with Gasteiger partial charge in [0.15, 0.2) is 0 Å². The first-order valence-corrected chi connectivity index (χ1v) is 8.69. The van der Waals surface area contributed by atoms with Crippen molar-refractivity contribution in [2.75, 3.05) is 0 Å². The highest BCUT2D eigenvalue weighted by atomic mass is 35.7. The number of hydrogen-bond donors (Lipinski definition) is 0. The fourth-order valence-corrected chi connectivity index (χ4v) is 4.42. The zero-order valence-electron chi connectivity index (χ0n) is 9.08. The summed E-state index contributed by atoms with van der Waals surface area (Å²) in [5.41, 5.74) is 1.84. The molecule has 0 saturated carbocycles. The molecule has 2 nitrogen and oxygen atoms in total. The van der Waals surface area contributed by atoms with E-state index in [1.807, 2.05) is 0 Å². The lowest BCUT2D eigenvalue weighted by atomic mass is 10.1. The SMILES string of the molecule is Cc1c(Cl)sc(Cl)c1-c1ccccc1S(=O)(=O)Cl. The molecule has 1 aromatic carbocycles. The zero-order chi connectivity index (χ0) is 13.5. The van der Waals surface area contributed by atoms with Crippen LogP contribution in [0.1, 0.15) is 5.56 Å². The molecule has 1 aromatic heterocycles. The summed E-state index contributed by atoms with van der Waals surface area (Å²) in [7, 11) is 1.59. The van der Waals surface area contributed by atoms with E-state index in [1.54, 1.807) is 25.1 Å². The highest BCUT2D eigenvalue weighted by Crippen LogP contribution is 2.44. The fourth-order valence-electron chi connectivity index (χ4n) is 1.65. The molecule has 0 aliphatic carbocycles. The Balaban J connectivity index is 2.80. The first kappa shape index (κ1) is 14.2. The van der Waals surface area contributed by atoms with Crippen LogP contribution in [-0.4, -0.2) is 8.42 Å². The molecule has 0 unspecified atom stereocenters. The number of halogens is 3. The Labute approximate surface area is 124 Å².